The van der Waals surface area contributed by atoms with Crippen LogP contribution in [0.5, 0.6) is 0 Å². The third kappa shape index (κ3) is 4.30. The van der Waals surface area contributed by atoms with Crippen molar-refractivity contribution in [1.29, 1.82) is 0 Å². The number of amides is 1. The van der Waals surface area contributed by atoms with Crippen molar-refractivity contribution in [2.45, 2.75) is 71.4 Å². The maximum atomic E-state index is 12.2. The molecule has 3 nitrogen and oxygen atoms in total. The molecule has 1 amide bonds. The summed E-state index contributed by atoms with van der Waals surface area (Å²) in [4.78, 5) is 12.2. The first-order chi connectivity index (χ1) is 7.97. The minimum Gasteiger partial charge on any atom is -0.352 e. The van der Waals surface area contributed by atoms with Gasteiger partial charge in [-0.15, -0.1) is 0 Å². The molecule has 1 saturated carbocycles. The topological polar surface area (TPSA) is 41.1 Å². The van der Waals surface area contributed by atoms with E-state index in [2.05, 4.69) is 17.6 Å². The van der Waals surface area contributed by atoms with Crippen LogP contribution in [-0.2, 0) is 4.79 Å². The number of likely N-dealkylation sites (N-methyl/N-ethyl adjacent to an activating group) is 1. The summed E-state index contributed by atoms with van der Waals surface area (Å²) in [5.74, 6) is 0.747. The van der Waals surface area contributed by atoms with Gasteiger partial charge in [-0.1, -0.05) is 33.1 Å². The van der Waals surface area contributed by atoms with E-state index < -0.39 is 5.54 Å². The summed E-state index contributed by atoms with van der Waals surface area (Å²) in [6.45, 7) is 9.01. The van der Waals surface area contributed by atoms with Crippen molar-refractivity contribution < 1.29 is 4.79 Å². The molecule has 0 saturated heterocycles. The van der Waals surface area contributed by atoms with Crippen molar-refractivity contribution in [3.05, 3.63) is 0 Å². The molecule has 0 aromatic heterocycles. The number of carbonyl (C=O) groups is 1. The van der Waals surface area contributed by atoms with Crippen molar-refractivity contribution >= 4 is 5.91 Å². The smallest absolute Gasteiger partial charge is 0.239 e. The van der Waals surface area contributed by atoms with Gasteiger partial charge >= 0.3 is 0 Å². The summed E-state index contributed by atoms with van der Waals surface area (Å²) in [6.07, 6.45) is 6.25. The van der Waals surface area contributed by atoms with Gasteiger partial charge in [0.05, 0.1) is 5.54 Å². The molecule has 0 aromatic carbocycles. The summed E-state index contributed by atoms with van der Waals surface area (Å²) in [5.41, 5.74) is -0.458. The van der Waals surface area contributed by atoms with E-state index in [0.29, 0.717) is 12.0 Å². The first-order valence-electron chi connectivity index (χ1n) is 7.03. The molecule has 1 fully saturated rings. The Morgan fingerprint density at radius 3 is 2.53 bits per heavy atom. The second-order valence-corrected chi connectivity index (χ2v) is 5.85. The van der Waals surface area contributed by atoms with Gasteiger partial charge in [0.2, 0.25) is 5.91 Å². The lowest BCUT2D eigenvalue weighted by Gasteiger charge is -2.30. The van der Waals surface area contributed by atoms with Crippen LogP contribution in [-0.4, -0.2) is 24.0 Å². The fraction of sp³-hybridized carbons (Fsp3) is 0.929. The van der Waals surface area contributed by atoms with E-state index in [-0.39, 0.29) is 5.91 Å². The Hall–Kier alpha value is -0.570. The molecule has 100 valence electrons. The van der Waals surface area contributed by atoms with Gasteiger partial charge in [0.15, 0.2) is 0 Å². The first-order valence-corrected chi connectivity index (χ1v) is 7.03. The number of hydrogen-bond acceptors (Lipinski definition) is 2. The molecule has 2 atom stereocenters. The minimum absolute atomic E-state index is 0.137. The van der Waals surface area contributed by atoms with Crippen LogP contribution in [0.15, 0.2) is 0 Å². The molecule has 2 unspecified atom stereocenters. The fourth-order valence-corrected chi connectivity index (χ4v) is 2.58. The Kier molecular flexibility index (Phi) is 5.44. The molecule has 1 aliphatic rings. The van der Waals surface area contributed by atoms with E-state index in [1.54, 1.807) is 0 Å². The molecule has 1 aliphatic carbocycles. The standard InChI is InChI=1S/C14H28N2O/c1-5-15-14(3,4)13(17)16-12-10-8-6-7-9-11(12)2/h11-12,15H,5-10H2,1-4H3,(H,16,17). The molecular weight excluding hydrogens is 212 g/mol. The summed E-state index contributed by atoms with van der Waals surface area (Å²) >= 11 is 0. The van der Waals surface area contributed by atoms with E-state index in [9.17, 15) is 4.79 Å². The molecule has 0 heterocycles. The molecule has 0 bridgehead atoms. The molecule has 0 spiro atoms. The highest BCUT2D eigenvalue weighted by atomic mass is 16.2. The first kappa shape index (κ1) is 14.5. The quantitative estimate of drug-likeness (QED) is 0.741. The molecule has 17 heavy (non-hydrogen) atoms. The van der Waals surface area contributed by atoms with Crippen LogP contribution >= 0.6 is 0 Å². The number of hydrogen-bond donors (Lipinski definition) is 2. The summed E-state index contributed by atoms with van der Waals surface area (Å²) < 4.78 is 0. The maximum Gasteiger partial charge on any atom is 0.239 e. The highest BCUT2D eigenvalue weighted by Crippen LogP contribution is 2.23. The van der Waals surface area contributed by atoms with Crippen molar-refractivity contribution in [3.63, 3.8) is 0 Å². The summed E-state index contributed by atoms with van der Waals surface area (Å²) in [5, 5.41) is 6.46. The van der Waals surface area contributed by atoms with Crippen molar-refractivity contribution in [2.75, 3.05) is 6.54 Å². The maximum absolute atomic E-state index is 12.2. The second-order valence-electron chi connectivity index (χ2n) is 5.85. The largest absolute Gasteiger partial charge is 0.352 e. The average Bonchev–Trinajstić information content (AvgIpc) is 2.44. The van der Waals surface area contributed by atoms with E-state index in [1.807, 2.05) is 20.8 Å². The van der Waals surface area contributed by atoms with Gasteiger partial charge in [0, 0.05) is 6.04 Å². The van der Waals surface area contributed by atoms with Gasteiger partial charge in [-0.3, -0.25) is 4.79 Å². The van der Waals surface area contributed by atoms with E-state index in [0.717, 1.165) is 13.0 Å². The Morgan fingerprint density at radius 2 is 1.88 bits per heavy atom. The molecule has 0 aromatic rings. The molecular formula is C14H28N2O. The van der Waals surface area contributed by atoms with Crippen molar-refractivity contribution in [2.24, 2.45) is 5.92 Å². The van der Waals surface area contributed by atoms with E-state index in [1.165, 1.54) is 25.7 Å². The Balaban J connectivity index is 2.54. The Morgan fingerprint density at radius 1 is 1.24 bits per heavy atom. The van der Waals surface area contributed by atoms with Gasteiger partial charge in [0.25, 0.3) is 0 Å². The highest BCUT2D eigenvalue weighted by Gasteiger charge is 2.30. The SMILES string of the molecule is CCNC(C)(C)C(=O)NC1CCCCCC1C. The zero-order chi connectivity index (χ0) is 12.9. The second kappa shape index (κ2) is 6.39. The predicted molar refractivity (Wildman–Crippen MR) is 71.9 cm³/mol. The van der Waals surface area contributed by atoms with Crippen LogP contribution in [0.4, 0.5) is 0 Å². The molecule has 0 aliphatic heterocycles. The lowest BCUT2D eigenvalue weighted by atomic mass is 9.95. The number of nitrogens with one attached hydrogen (secondary N) is 2. The molecule has 3 heteroatoms. The van der Waals surface area contributed by atoms with Crippen LogP contribution in [0.2, 0.25) is 0 Å². The van der Waals surface area contributed by atoms with Crippen molar-refractivity contribution in [1.82, 2.24) is 10.6 Å². The molecule has 2 N–H and O–H groups in total. The van der Waals surface area contributed by atoms with Gasteiger partial charge < -0.3 is 10.6 Å². The van der Waals surface area contributed by atoms with E-state index >= 15 is 0 Å². The summed E-state index contributed by atoms with van der Waals surface area (Å²) in [6, 6.07) is 0.364. The highest BCUT2D eigenvalue weighted by molar-refractivity contribution is 5.85. The summed E-state index contributed by atoms with van der Waals surface area (Å²) in [7, 11) is 0. The zero-order valence-electron chi connectivity index (χ0n) is 11.8. The monoisotopic (exact) mass is 240 g/mol. The molecule has 1 rings (SSSR count). The average molecular weight is 240 g/mol. The predicted octanol–water partition coefficient (Wildman–Crippen LogP) is 2.46. The third-order valence-electron chi connectivity index (χ3n) is 3.86. The van der Waals surface area contributed by atoms with Crippen LogP contribution in [0, 0.1) is 5.92 Å². The Labute approximate surface area is 106 Å². The fourth-order valence-electron chi connectivity index (χ4n) is 2.58. The minimum atomic E-state index is -0.458. The zero-order valence-corrected chi connectivity index (χ0v) is 11.8. The lowest BCUT2D eigenvalue weighted by molar-refractivity contribution is -0.127. The van der Waals surface area contributed by atoms with Crippen LogP contribution in [0.25, 0.3) is 0 Å². The van der Waals surface area contributed by atoms with Crippen LogP contribution < -0.4 is 10.6 Å². The number of rotatable bonds is 4. The Bertz CT molecular complexity index is 251. The van der Waals surface area contributed by atoms with Crippen molar-refractivity contribution in [3.8, 4) is 0 Å². The van der Waals surface area contributed by atoms with Crippen LogP contribution in [0.1, 0.15) is 59.8 Å². The lowest BCUT2D eigenvalue weighted by Crippen LogP contribution is -2.55. The van der Waals surface area contributed by atoms with Gasteiger partial charge in [0.1, 0.15) is 0 Å². The van der Waals surface area contributed by atoms with Gasteiger partial charge in [-0.2, -0.15) is 0 Å². The molecule has 0 radical (unpaired) electrons. The number of carbonyl (C=O) groups excluding carboxylic acids is 1. The van der Waals surface area contributed by atoms with Gasteiger partial charge in [-0.05, 0) is 39.2 Å². The van der Waals surface area contributed by atoms with Gasteiger partial charge in [-0.25, -0.2) is 0 Å². The van der Waals surface area contributed by atoms with Crippen LogP contribution in [0.3, 0.4) is 0 Å². The normalized spacial score (nSPS) is 26.4. The third-order valence-corrected chi connectivity index (χ3v) is 3.86. The van der Waals surface area contributed by atoms with E-state index in [4.69, 9.17) is 0 Å².